The van der Waals surface area contributed by atoms with E-state index in [2.05, 4.69) is 73.1 Å². The van der Waals surface area contributed by atoms with Crippen molar-refractivity contribution in [2.75, 3.05) is 24.9 Å². The number of rotatable bonds is 17. The Morgan fingerprint density at radius 3 is 1.03 bits per heavy atom. The molecule has 580 valence electrons. The molecule has 0 aliphatic carbocycles. The lowest BCUT2D eigenvalue weighted by Gasteiger charge is -2.27. The first-order valence-electron chi connectivity index (χ1n) is 34.9. The normalized spacial score (nSPS) is 13.8. The number of benzene rings is 10. The predicted molar refractivity (Wildman–Crippen MR) is 451 cm³/mol. The van der Waals surface area contributed by atoms with Crippen LogP contribution < -0.4 is 16.4 Å². The molecule has 21 nitrogen and oxygen atoms in total. The van der Waals surface area contributed by atoms with Crippen molar-refractivity contribution in [3.8, 4) is 11.1 Å². The highest BCUT2D eigenvalue weighted by Crippen LogP contribution is 2.39. The Hall–Kier alpha value is -11.9. The lowest BCUT2D eigenvalue weighted by Crippen LogP contribution is -2.37. The third-order valence-electron chi connectivity index (χ3n) is 18.5. The van der Waals surface area contributed by atoms with Crippen LogP contribution in [-0.2, 0) is 59.6 Å². The molecule has 4 aliphatic rings. The topological polar surface area (TPSA) is 281 Å². The summed E-state index contributed by atoms with van der Waals surface area (Å²) in [6, 6.07) is 74.4. The summed E-state index contributed by atoms with van der Waals surface area (Å²) in [5.74, 6) is -3.10. The van der Waals surface area contributed by atoms with Crippen molar-refractivity contribution in [2.45, 2.75) is 71.2 Å². The van der Waals surface area contributed by atoms with Crippen LogP contribution in [0.4, 0.5) is 10.3 Å². The molecule has 0 bridgehead atoms. The molecular weight excluding hydrogens is 1680 g/mol. The number of carbonyl (C=O) groups is 9. The van der Waals surface area contributed by atoms with Gasteiger partial charge in [0.1, 0.15) is 18.1 Å². The average molecular weight is 1760 g/mol. The Bertz CT molecular complexity index is 5380. The summed E-state index contributed by atoms with van der Waals surface area (Å²) in [5, 5.41) is 19.8. The van der Waals surface area contributed by atoms with Gasteiger partial charge in [-0.1, -0.05) is 251 Å². The van der Waals surface area contributed by atoms with Crippen LogP contribution >= 0.6 is 70.5 Å². The largest absolute Gasteiger partial charge is 0.479 e. The zero-order valence-corrected chi connectivity index (χ0v) is 66.3. The summed E-state index contributed by atoms with van der Waals surface area (Å²) in [6.45, 7) is 1.46. The number of nitrogens with zero attached hydrogens (tertiary/aromatic N) is 6. The average Bonchev–Trinajstić information content (AvgIpc) is 1.64. The molecule has 6 heterocycles. The highest BCUT2D eigenvalue weighted by atomic mass is 79.9. The van der Waals surface area contributed by atoms with Crippen LogP contribution in [0.15, 0.2) is 291 Å². The third kappa shape index (κ3) is 19.9. The number of aliphatic carboxylic acids is 1. The fraction of sp³-hybridized carbons (Fsp3) is 0.148. The minimum absolute atomic E-state index is 0. The van der Waals surface area contributed by atoms with Crippen molar-refractivity contribution in [3.05, 3.63) is 364 Å². The maximum atomic E-state index is 13.3. The number of esters is 2. The minimum atomic E-state index is -1.03. The molecule has 0 unspecified atom stereocenters. The molecule has 0 spiro atoms. The fourth-order valence-electron chi connectivity index (χ4n) is 13.3. The molecule has 5 atom stereocenters. The van der Waals surface area contributed by atoms with E-state index < -0.39 is 48.1 Å². The molecule has 12 aromatic rings. The molecule has 10 aromatic carbocycles. The molecular formula is C88H78Br3N9O12S2. The Balaban J connectivity index is 0.000000154. The monoisotopic (exact) mass is 1750 g/mol. The zero-order chi connectivity index (χ0) is 79.0. The van der Waals surface area contributed by atoms with E-state index in [1.54, 1.807) is 98.5 Å². The van der Waals surface area contributed by atoms with Gasteiger partial charge in [0.05, 0.1) is 14.2 Å². The molecule has 0 fully saturated rings. The standard InChI is InChI=1S/C25H19N3O2S.C19H14BrN3O2S.C17H14BrNO3.C16H12BrNO3.C9H11NO2.2CH4/c29-23(27-25-26-13-14-31-25)22(18-9-5-2-6-10-18)28-16-20-15-19(11-12-21(20)24(28)30)17-7-3-1-4-8-17;20-14-6-7-15-13(10-14)11-23(18(15)25)16(12-4-2-1-3-5-12)17(24)22-19-21-8-9-26-19;1-22-17(21)15(11-5-3-2-4-6-11)19-10-12-9-13(18)7-8-14(12)16(19)20;17-12-6-7-13-11(8-12)9-18(15(13)19)14(16(20)21)10-4-2-1-3-5-10;1-12-9(11)8(10)7-5-3-2-4-6-7;;/h1-15,22H,16H2,(H,26,27,29);1-10,16H,11H2,(H,21,22,24);2-9,15H,10H2,1H3;1-8,14H,9H2,(H,20,21);2-6,8H,10H2,1H3;2*1H4/t22-;16-;15-;14-;8-;;/m11111../s1. The van der Waals surface area contributed by atoms with Crippen LogP contribution in [0.25, 0.3) is 11.1 Å². The van der Waals surface area contributed by atoms with Crippen LogP contribution in [0.5, 0.6) is 0 Å². The first-order valence-corrected chi connectivity index (χ1v) is 39.0. The molecule has 4 aliphatic heterocycles. The number of thiazole rings is 2. The second kappa shape index (κ2) is 39.5. The second-order valence-corrected chi connectivity index (χ2v) is 30.1. The van der Waals surface area contributed by atoms with Gasteiger partial charge in [0.25, 0.3) is 35.4 Å². The lowest BCUT2D eigenvalue weighted by atomic mass is 10.0. The van der Waals surface area contributed by atoms with Crippen LogP contribution in [0, 0.1) is 0 Å². The Kier molecular flexibility index (Phi) is 29.3. The lowest BCUT2D eigenvalue weighted by molar-refractivity contribution is -0.146. The number of aromatic nitrogens is 2. The maximum Gasteiger partial charge on any atom is 0.333 e. The van der Waals surface area contributed by atoms with Crippen LogP contribution in [-0.4, -0.2) is 102 Å². The van der Waals surface area contributed by atoms with Gasteiger partial charge in [-0.25, -0.2) is 19.6 Å². The first-order chi connectivity index (χ1) is 54.3. The number of amides is 6. The van der Waals surface area contributed by atoms with Crippen molar-refractivity contribution in [2.24, 2.45) is 5.73 Å². The molecule has 0 radical (unpaired) electrons. The van der Waals surface area contributed by atoms with E-state index in [1.165, 1.54) is 41.8 Å². The molecule has 5 N–H and O–H groups in total. The van der Waals surface area contributed by atoms with Crippen molar-refractivity contribution in [1.82, 2.24) is 29.6 Å². The number of carboxylic acids is 1. The highest BCUT2D eigenvalue weighted by molar-refractivity contribution is 9.11. The number of nitrogens with two attached hydrogens (primary N) is 1. The van der Waals surface area contributed by atoms with Gasteiger partial charge in [-0.15, -0.1) is 22.7 Å². The fourth-order valence-corrected chi connectivity index (χ4v) is 15.6. The number of fused-ring (bicyclic) bond motifs is 4. The van der Waals surface area contributed by atoms with Gasteiger partial charge < -0.3 is 39.9 Å². The molecule has 114 heavy (non-hydrogen) atoms. The van der Waals surface area contributed by atoms with Crippen LogP contribution in [0.2, 0.25) is 0 Å². The Morgan fingerprint density at radius 1 is 0.395 bits per heavy atom. The summed E-state index contributed by atoms with van der Waals surface area (Å²) in [7, 11) is 2.66. The van der Waals surface area contributed by atoms with Gasteiger partial charge in [-0.2, -0.15) is 0 Å². The number of carboxylic acid groups (broad SMARTS) is 1. The quantitative estimate of drug-likeness (QED) is 0.0617. The summed E-state index contributed by atoms with van der Waals surface area (Å²) < 4.78 is 12.1. The van der Waals surface area contributed by atoms with E-state index in [4.69, 9.17) is 10.5 Å². The zero-order valence-electron chi connectivity index (χ0n) is 59.9. The molecule has 0 saturated heterocycles. The van der Waals surface area contributed by atoms with E-state index in [0.717, 1.165) is 69.1 Å². The highest BCUT2D eigenvalue weighted by Gasteiger charge is 2.42. The summed E-state index contributed by atoms with van der Waals surface area (Å²) in [5.41, 5.74) is 17.4. The summed E-state index contributed by atoms with van der Waals surface area (Å²) in [6.07, 6.45) is 3.27. The van der Waals surface area contributed by atoms with Gasteiger partial charge in [0, 0.05) is 85.0 Å². The molecule has 2 aromatic heterocycles. The number of halogens is 3. The number of ether oxygens (including phenoxy) is 2. The Labute approximate surface area is 692 Å². The van der Waals surface area contributed by atoms with Gasteiger partial charge in [0.2, 0.25) is 0 Å². The second-order valence-electron chi connectivity index (χ2n) is 25.6. The van der Waals surface area contributed by atoms with E-state index in [1.807, 2.05) is 194 Å². The first kappa shape index (κ1) is 84.5. The predicted octanol–water partition coefficient (Wildman–Crippen LogP) is 18.1. The number of carbonyl (C=O) groups excluding carboxylic acids is 8. The van der Waals surface area contributed by atoms with Gasteiger partial charge in [-0.05, 0) is 128 Å². The number of hydrogen-bond donors (Lipinski definition) is 4. The van der Waals surface area contributed by atoms with E-state index in [-0.39, 0.29) is 50.3 Å². The van der Waals surface area contributed by atoms with Gasteiger partial charge in [0.15, 0.2) is 22.3 Å². The van der Waals surface area contributed by atoms with Crippen LogP contribution in [0.3, 0.4) is 0 Å². The van der Waals surface area contributed by atoms with Crippen molar-refractivity contribution < 1.29 is 57.7 Å². The molecule has 6 amide bonds. The van der Waals surface area contributed by atoms with Gasteiger partial charge >= 0.3 is 17.9 Å². The third-order valence-corrected chi connectivity index (χ3v) is 21.4. The van der Waals surface area contributed by atoms with Crippen LogP contribution in [0.1, 0.15) is 137 Å². The van der Waals surface area contributed by atoms with Crippen molar-refractivity contribution in [3.63, 3.8) is 0 Å². The molecule has 0 saturated carbocycles. The van der Waals surface area contributed by atoms with Gasteiger partial charge in [-0.3, -0.25) is 44.2 Å². The Morgan fingerprint density at radius 2 is 0.693 bits per heavy atom. The molecule has 26 heteroatoms. The van der Waals surface area contributed by atoms with E-state index >= 15 is 0 Å². The minimum Gasteiger partial charge on any atom is -0.479 e. The number of anilines is 2. The van der Waals surface area contributed by atoms with E-state index in [9.17, 15) is 48.3 Å². The number of hydrogen-bond acceptors (Lipinski definition) is 16. The number of methoxy groups -OCH3 is 2. The number of nitrogens with one attached hydrogen (secondary N) is 2. The smallest absolute Gasteiger partial charge is 0.333 e. The summed E-state index contributed by atoms with van der Waals surface area (Å²) in [4.78, 5) is 127. The van der Waals surface area contributed by atoms with Crippen molar-refractivity contribution >= 4 is 134 Å². The van der Waals surface area contributed by atoms with E-state index in [0.29, 0.717) is 64.3 Å². The maximum absolute atomic E-state index is 13.3. The SMILES string of the molecule is C.C.COC(=O)[C@@H](c1ccccc1)N1Cc2cc(Br)ccc2C1=O.COC(=O)[C@H](N)c1ccccc1.O=C(Nc1nccs1)[C@@H](c1ccccc1)N1Cc2cc(-c3ccccc3)ccc2C1=O.O=C(Nc1nccs1)[C@@H](c1ccccc1)N1Cc2cc(Br)ccc2C1=O.O=C(O)[C@@H](c1ccccc1)N1Cc2cc(Br)ccc2C1=O. The van der Waals surface area contributed by atoms with Crippen molar-refractivity contribution in [1.29, 1.82) is 0 Å². The molecule has 16 rings (SSSR count). The summed E-state index contributed by atoms with van der Waals surface area (Å²) >= 11 is 12.9.